The Morgan fingerprint density at radius 3 is 2.66 bits per heavy atom. The zero-order chi connectivity index (χ0) is 24.2. The maximum atomic E-state index is 14.2. The summed E-state index contributed by atoms with van der Waals surface area (Å²) in [6.07, 6.45) is 1.59. The van der Waals surface area contributed by atoms with Crippen LogP contribution in [0.15, 0.2) is 72.8 Å². The Morgan fingerprint density at radius 2 is 1.83 bits per heavy atom. The van der Waals surface area contributed by atoms with Gasteiger partial charge in [-0.1, -0.05) is 54.6 Å². The van der Waals surface area contributed by atoms with Crippen molar-refractivity contribution < 1.29 is 18.8 Å². The Bertz CT molecular complexity index is 1330. The molecule has 0 bridgehead atoms. The number of ether oxygens (including phenoxy) is 1. The highest BCUT2D eigenvalue weighted by atomic mass is 19.1. The van der Waals surface area contributed by atoms with Crippen molar-refractivity contribution >= 4 is 11.6 Å². The number of anilines is 1. The molecular formula is C27H24FN3O4. The van der Waals surface area contributed by atoms with Crippen molar-refractivity contribution in [1.82, 2.24) is 4.90 Å². The molecule has 0 radical (unpaired) electrons. The zero-order valence-electron chi connectivity index (χ0n) is 18.9. The van der Waals surface area contributed by atoms with E-state index >= 15 is 0 Å². The van der Waals surface area contributed by atoms with Crippen LogP contribution in [0.25, 0.3) is 0 Å². The number of fused-ring (bicyclic) bond motifs is 4. The molecule has 3 heterocycles. The van der Waals surface area contributed by atoms with Crippen LogP contribution < -0.4 is 10.1 Å². The quantitative estimate of drug-likeness (QED) is 0.437. The van der Waals surface area contributed by atoms with Gasteiger partial charge in [-0.25, -0.2) is 4.39 Å². The first-order valence-corrected chi connectivity index (χ1v) is 11.8. The Kier molecular flexibility index (Phi) is 5.07. The molecule has 0 saturated carbocycles. The van der Waals surface area contributed by atoms with E-state index < -0.39 is 17.5 Å². The number of amides is 1. The summed E-state index contributed by atoms with van der Waals surface area (Å²) >= 11 is 0. The maximum Gasteiger partial charge on any atom is 0.256 e. The van der Waals surface area contributed by atoms with Crippen LogP contribution in [0.2, 0.25) is 0 Å². The van der Waals surface area contributed by atoms with Crippen LogP contribution in [0.1, 0.15) is 35.4 Å². The van der Waals surface area contributed by atoms with E-state index in [1.807, 2.05) is 35.2 Å². The van der Waals surface area contributed by atoms with E-state index in [-0.39, 0.29) is 29.3 Å². The molecule has 2 fully saturated rings. The smallest absolute Gasteiger partial charge is 0.256 e. The van der Waals surface area contributed by atoms with Gasteiger partial charge in [0.1, 0.15) is 18.2 Å². The Morgan fingerprint density at radius 1 is 1.09 bits per heavy atom. The summed E-state index contributed by atoms with van der Waals surface area (Å²) in [6.45, 7) is 0.605. The second-order valence-electron chi connectivity index (χ2n) is 9.34. The van der Waals surface area contributed by atoms with Crippen molar-refractivity contribution in [1.29, 1.82) is 0 Å². The van der Waals surface area contributed by atoms with Crippen LogP contribution in [0.5, 0.6) is 5.75 Å². The predicted octanol–water partition coefficient (Wildman–Crippen LogP) is 4.46. The molecule has 0 unspecified atom stereocenters. The predicted molar refractivity (Wildman–Crippen MR) is 127 cm³/mol. The molecule has 1 spiro atoms. The van der Waals surface area contributed by atoms with E-state index in [0.29, 0.717) is 34.7 Å². The molecule has 0 aromatic heterocycles. The summed E-state index contributed by atoms with van der Waals surface area (Å²) in [5.74, 6) is -0.807. The van der Waals surface area contributed by atoms with E-state index in [1.165, 1.54) is 6.07 Å². The van der Waals surface area contributed by atoms with Gasteiger partial charge in [-0.3, -0.25) is 19.8 Å². The number of benzene rings is 3. The lowest BCUT2D eigenvalue weighted by molar-refractivity contribution is -0.534. The van der Waals surface area contributed by atoms with Gasteiger partial charge < -0.3 is 10.1 Å². The van der Waals surface area contributed by atoms with Crippen LogP contribution in [-0.2, 0) is 16.9 Å². The lowest BCUT2D eigenvalue weighted by Crippen LogP contribution is -2.55. The molecule has 1 N–H and O–H groups in total. The number of nitrogens with zero attached hydrogens (tertiary/aromatic N) is 2. The number of halogens is 1. The highest BCUT2D eigenvalue weighted by molar-refractivity contribution is 6.07. The van der Waals surface area contributed by atoms with Crippen LogP contribution in [-0.4, -0.2) is 34.4 Å². The van der Waals surface area contributed by atoms with Crippen molar-refractivity contribution in [3.8, 4) is 5.75 Å². The molecule has 178 valence electrons. The van der Waals surface area contributed by atoms with Gasteiger partial charge in [0.25, 0.3) is 11.9 Å². The van der Waals surface area contributed by atoms with Crippen molar-refractivity contribution in [3.05, 3.63) is 105 Å². The van der Waals surface area contributed by atoms with Gasteiger partial charge in [-0.2, -0.15) is 0 Å². The topological polar surface area (TPSA) is 84.7 Å². The molecule has 0 aliphatic carbocycles. The Balaban J connectivity index is 1.46. The summed E-state index contributed by atoms with van der Waals surface area (Å²) in [4.78, 5) is 28.1. The van der Waals surface area contributed by atoms with Gasteiger partial charge in [-0.05, 0) is 31.0 Å². The maximum absolute atomic E-state index is 14.2. The third-order valence-electron chi connectivity index (χ3n) is 7.71. The molecule has 3 aliphatic heterocycles. The lowest BCUT2D eigenvalue weighted by Gasteiger charge is -2.32. The normalized spacial score (nSPS) is 27.0. The molecule has 8 heteroatoms. The number of hydrogen-bond donors (Lipinski definition) is 1. The largest absolute Gasteiger partial charge is 0.488 e. The number of carbonyl (C=O) groups is 1. The van der Waals surface area contributed by atoms with Gasteiger partial charge in [0.2, 0.25) is 0 Å². The molecule has 1 amide bonds. The van der Waals surface area contributed by atoms with E-state index in [2.05, 4.69) is 5.32 Å². The van der Waals surface area contributed by atoms with Crippen molar-refractivity contribution in [2.75, 3.05) is 11.9 Å². The van der Waals surface area contributed by atoms with E-state index in [4.69, 9.17) is 4.74 Å². The van der Waals surface area contributed by atoms with Crippen molar-refractivity contribution in [2.24, 2.45) is 0 Å². The van der Waals surface area contributed by atoms with Gasteiger partial charge in [-0.15, -0.1) is 0 Å². The van der Waals surface area contributed by atoms with Gasteiger partial charge in [0.15, 0.2) is 5.54 Å². The standard InChI is InChI=1S/C27H24FN3O4/c28-20-11-4-1-8-17(20)16-35-23-14-6-2-9-18(23)24-22-13-7-15-30(22)27(25(24)31(33)34)19-10-3-5-12-21(19)29-26(27)32/h1-6,8-12,14,22,24-25H,7,13,15-16H2,(H,29,32)/t22-,24+,25+,27-/m0/s1. The molecule has 35 heavy (non-hydrogen) atoms. The molecule has 3 aromatic rings. The highest BCUT2D eigenvalue weighted by Crippen LogP contribution is 2.58. The number of rotatable bonds is 5. The average molecular weight is 474 g/mol. The minimum atomic E-state index is -1.38. The number of hydrogen-bond acceptors (Lipinski definition) is 5. The summed E-state index contributed by atoms with van der Waals surface area (Å²) in [6, 6.07) is 19.5. The average Bonchev–Trinajstić information content (AvgIpc) is 3.52. The molecule has 4 atom stereocenters. The number of carbonyl (C=O) groups excluding carboxylic acids is 1. The second-order valence-corrected chi connectivity index (χ2v) is 9.34. The molecule has 3 aromatic carbocycles. The van der Waals surface area contributed by atoms with Crippen molar-refractivity contribution in [2.45, 2.75) is 43.0 Å². The van der Waals surface area contributed by atoms with Crippen LogP contribution >= 0.6 is 0 Å². The van der Waals surface area contributed by atoms with E-state index in [1.54, 1.807) is 36.4 Å². The first kappa shape index (κ1) is 21.7. The fourth-order valence-electron chi connectivity index (χ4n) is 6.41. The first-order valence-electron chi connectivity index (χ1n) is 11.8. The second kappa shape index (κ2) is 8.16. The number of para-hydroxylation sites is 2. The monoisotopic (exact) mass is 473 g/mol. The Labute approximate surface area is 201 Å². The van der Waals surface area contributed by atoms with E-state index in [9.17, 15) is 19.3 Å². The highest BCUT2D eigenvalue weighted by Gasteiger charge is 2.73. The molecule has 2 saturated heterocycles. The fourth-order valence-corrected chi connectivity index (χ4v) is 6.41. The summed E-state index contributed by atoms with van der Waals surface area (Å²) in [7, 11) is 0. The van der Waals surface area contributed by atoms with Gasteiger partial charge in [0, 0.05) is 39.9 Å². The van der Waals surface area contributed by atoms with Crippen LogP contribution in [0.4, 0.5) is 10.1 Å². The molecule has 6 rings (SSSR count). The number of nitrogens with one attached hydrogen (secondary N) is 1. The minimum Gasteiger partial charge on any atom is -0.488 e. The summed E-state index contributed by atoms with van der Waals surface area (Å²) in [5.41, 5.74) is 0.981. The van der Waals surface area contributed by atoms with Crippen LogP contribution in [0, 0.1) is 15.9 Å². The van der Waals surface area contributed by atoms with Gasteiger partial charge >= 0.3 is 0 Å². The third-order valence-corrected chi connectivity index (χ3v) is 7.71. The van der Waals surface area contributed by atoms with Gasteiger partial charge in [0.05, 0.1) is 5.92 Å². The third kappa shape index (κ3) is 3.09. The first-order chi connectivity index (χ1) is 17.0. The summed E-state index contributed by atoms with van der Waals surface area (Å²) in [5, 5.41) is 15.7. The molecule has 3 aliphatic rings. The Hall–Kier alpha value is -3.78. The van der Waals surface area contributed by atoms with Crippen molar-refractivity contribution in [3.63, 3.8) is 0 Å². The SMILES string of the molecule is O=C1Nc2ccccc2[C@]12[C@H]([N+](=O)[O-])[C@H](c1ccccc1OCc1ccccc1F)[C@@H]1CCCN12. The fraction of sp³-hybridized carbons (Fsp3) is 0.296. The zero-order valence-corrected chi connectivity index (χ0v) is 18.9. The molecular weight excluding hydrogens is 449 g/mol. The lowest BCUT2D eigenvalue weighted by atomic mass is 9.77. The number of nitro groups is 1. The van der Waals surface area contributed by atoms with Crippen LogP contribution in [0.3, 0.4) is 0 Å². The minimum absolute atomic E-state index is 0.00236. The molecule has 7 nitrogen and oxygen atoms in total. The summed E-state index contributed by atoms with van der Waals surface area (Å²) < 4.78 is 20.3. The van der Waals surface area contributed by atoms with E-state index in [0.717, 1.165) is 12.8 Å².